The third kappa shape index (κ3) is 3.55. The standard InChI is InChI=1S/C10H23NO/c1-7-10(4,11-5)8-9(2,3)12-6/h11H,7-8H2,1-6H3. The van der Waals surface area contributed by atoms with Crippen molar-refractivity contribution in [3.05, 3.63) is 0 Å². The highest BCUT2D eigenvalue weighted by atomic mass is 16.5. The van der Waals surface area contributed by atoms with Crippen molar-refractivity contribution in [2.24, 2.45) is 0 Å². The molecular weight excluding hydrogens is 150 g/mol. The molecule has 1 unspecified atom stereocenters. The summed E-state index contributed by atoms with van der Waals surface area (Å²) in [5.74, 6) is 0. The van der Waals surface area contributed by atoms with Crippen LogP contribution in [0.4, 0.5) is 0 Å². The molecular formula is C10H23NO. The number of ether oxygens (including phenoxy) is 1. The second-order valence-electron chi connectivity index (χ2n) is 4.30. The van der Waals surface area contributed by atoms with E-state index in [1.807, 2.05) is 7.05 Å². The maximum absolute atomic E-state index is 5.40. The van der Waals surface area contributed by atoms with E-state index in [2.05, 4.69) is 33.0 Å². The topological polar surface area (TPSA) is 21.3 Å². The van der Waals surface area contributed by atoms with E-state index < -0.39 is 0 Å². The fraction of sp³-hybridized carbons (Fsp3) is 1.00. The van der Waals surface area contributed by atoms with E-state index in [4.69, 9.17) is 4.74 Å². The molecule has 0 spiro atoms. The number of rotatable bonds is 5. The van der Waals surface area contributed by atoms with Crippen LogP contribution in [-0.2, 0) is 4.74 Å². The Balaban J connectivity index is 4.20. The third-order valence-electron chi connectivity index (χ3n) is 2.75. The van der Waals surface area contributed by atoms with Crippen molar-refractivity contribution in [2.75, 3.05) is 14.2 Å². The van der Waals surface area contributed by atoms with Crippen molar-refractivity contribution >= 4 is 0 Å². The SMILES string of the molecule is CCC(C)(CC(C)(C)OC)NC. The molecule has 1 N–H and O–H groups in total. The number of hydrogen-bond donors (Lipinski definition) is 1. The summed E-state index contributed by atoms with van der Waals surface area (Å²) in [6.07, 6.45) is 2.15. The van der Waals surface area contributed by atoms with Gasteiger partial charge in [-0.3, -0.25) is 0 Å². The zero-order valence-electron chi connectivity index (χ0n) is 9.32. The van der Waals surface area contributed by atoms with E-state index >= 15 is 0 Å². The van der Waals surface area contributed by atoms with Crippen LogP contribution in [0.5, 0.6) is 0 Å². The van der Waals surface area contributed by atoms with Crippen LogP contribution < -0.4 is 5.32 Å². The molecule has 12 heavy (non-hydrogen) atoms. The molecule has 0 aromatic carbocycles. The Labute approximate surface area is 76.7 Å². The Bertz CT molecular complexity index is 128. The van der Waals surface area contributed by atoms with Gasteiger partial charge >= 0.3 is 0 Å². The summed E-state index contributed by atoms with van der Waals surface area (Å²) in [4.78, 5) is 0. The molecule has 0 saturated heterocycles. The van der Waals surface area contributed by atoms with E-state index in [1.54, 1.807) is 7.11 Å². The summed E-state index contributed by atoms with van der Waals surface area (Å²) < 4.78 is 5.40. The van der Waals surface area contributed by atoms with Crippen LogP contribution in [0.25, 0.3) is 0 Å². The Kier molecular flexibility index (Phi) is 4.21. The maximum atomic E-state index is 5.40. The quantitative estimate of drug-likeness (QED) is 0.688. The Morgan fingerprint density at radius 2 is 1.75 bits per heavy atom. The number of methoxy groups -OCH3 is 1. The molecule has 0 heterocycles. The fourth-order valence-electron chi connectivity index (χ4n) is 1.40. The largest absolute Gasteiger partial charge is 0.379 e. The van der Waals surface area contributed by atoms with Crippen LogP contribution in [0.1, 0.15) is 40.5 Å². The van der Waals surface area contributed by atoms with Gasteiger partial charge in [-0.15, -0.1) is 0 Å². The van der Waals surface area contributed by atoms with Gasteiger partial charge in [-0.25, -0.2) is 0 Å². The number of hydrogen-bond acceptors (Lipinski definition) is 2. The van der Waals surface area contributed by atoms with Gasteiger partial charge in [0, 0.05) is 12.6 Å². The van der Waals surface area contributed by atoms with Crippen LogP contribution in [0.15, 0.2) is 0 Å². The lowest BCUT2D eigenvalue weighted by atomic mass is 9.86. The molecule has 74 valence electrons. The lowest BCUT2D eigenvalue weighted by Crippen LogP contribution is -2.45. The monoisotopic (exact) mass is 173 g/mol. The molecule has 0 aliphatic heterocycles. The molecule has 2 nitrogen and oxygen atoms in total. The molecule has 0 aromatic heterocycles. The van der Waals surface area contributed by atoms with Gasteiger partial charge in [-0.1, -0.05) is 6.92 Å². The van der Waals surface area contributed by atoms with Crippen molar-refractivity contribution in [1.29, 1.82) is 0 Å². The maximum Gasteiger partial charge on any atom is 0.0640 e. The van der Waals surface area contributed by atoms with Crippen LogP contribution >= 0.6 is 0 Å². The molecule has 0 amide bonds. The Hall–Kier alpha value is -0.0800. The zero-order chi connectivity index (χ0) is 9.83. The summed E-state index contributed by atoms with van der Waals surface area (Å²) in [5.41, 5.74) is 0.160. The van der Waals surface area contributed by atoms with Gasteiger partial charge in [0.25, 0.3) is 0 Å². The highest BCUT2D eigenvalue weighted by Gasteiger charge is 2.29. The molecule has 0 aliphatic carbocycles. The first-order valence-electron chi connectivity index (χ1n) is 4.63. The predicted molar refractivity (Wildman–Crippen MR) is 53.5 cm³/mol. The van der Waals surface area contributed by atoms with E-state index in [0.717, 1.165) is 12.8 Å². The fourth-order valence-corrected chi connectivity index (χ4v) is 1.40. The molecule has 0 aliphatic rings. The van der Waals surface area contributed by atoms with Crippen molar-refractivity contribution in [3.63, 3.8) is 0 Å². The molecule has 0 radical (unpaired) electrons. The normalized spacial score (nSPS) is 17.5. The van der Waals surface area contributed by atoms with Gasteiger partial charge in [0.2, 0.25) is 0 Å². The minimum Gasteiger partial charge on any atom is -0.379 e. The zero-order valence-corrected chi connectivity index (χ0v) is 9.32. The van der Waals surface area contributed by atoms with Crippen LogP contribution in [0.2, 0.25) is 0 Å². The summed E-state index contributed by atoms with van der Waals surface area (Å²) in [7, 11) is 3.78. The van der Waals surface area contributed by atoms with E-state index in [0.29, 0.717) is 0 Å². The first kappa shape index (κ1) is 11.9. The molecule has 0 fully saturated rings. The molecule has 0 rings (SSSR count). The lowest BCUT2D eigenvalue weighted by Gasteiger charge is -2.36. The third-order valence-corrected chi connectivity index (χ3v) is 2.75. The van der Waals surface area contributed by atoms with Crippen LogP contribution in [0.3, 0.4) is 0 Å². The average Bonchev–Trinajstić information content (AvgIpc) is 2.04. The van der Waals surface area contributed by atoms with Gasteiger partial charge in [-0.2, -0.15) is 0 Å². The van der Waals surface area contributed by atoms with E-state index in [9.17, 15) is 0 Å². The van der Waals surface area contributed by atoms with Crippen molar-refractivity contribution in [2.45, 2.75) is 51.7 Å². The van der Waals surface area contributed by atoms with Gasteiger partial charge in [0.15, 0.2) is 0 Å². The van der Waals surface area contributed by atoms with Gasteiger partial charge in [-0.05, 0) is 40.7 Å². The Morgan fingerprint density at radius 1 is 1.25 bits per heavy atom. The van der Waals surface area contributed by atoms with Crippen LogP contribution in [-0.4, -0.2) is 25.3 Å². The second-order valence-corrected chi connectivity index (χ2v) is 4.30. The van der Waals surface area contributed by atoms with Gasteiger partial charge in [0.1, 0.15) is 0 Å². The summed E-state index contributed by atoms with van der Waals surface area (Å²) in [6, 6.07) is 0. The van der Waals surface area contributed by atoms with E-state index in [-0.39, 0.29) is 11.1 Å². The summed E-state index contributed by atoms with van der Waals surface area (Å²) in [6.45, 7) is 8.67. The Morgan fingerprint density at radius 3 is 2.00 bits per heavy atom. The van der Waals surface area contributed by atoms with E-state index in [1.165, 1.54) is 0 Å². The average molecular weight is 173 g/mol. The van der Waals surface area contributed by atoms with Crippen molar-refractivity contribution < 1.29 is 4.74 Å². The van der Waals surface area contributed by atoms with Crippen LogP contribution in [0, 0.1) is 0 Å². The highest BCUT2D eigenvalue weighted by molar-refractivity contribution is 4.87. The molecule has 0 saturated carbocycles. The lowest BCUT2D eigenvalue weighted by molar-refractivity contribution is -0.00585. The first-order chi connectivity index (χ1) is 5.39. The second kappa shape index (κ2) is 4.24. The summed E-state index contributed by atoms with van der Waals surface area (Å²) in [5, 5.41) is 3.34. The first-order valence-corrected chi connectivity index (χ1v) is 4.63. The predicted octanol–water partition coefficient (Wildman–Crippen LogP) is 2.19. The summed E-state index contributed by atoms with van der Waals surface area (Å²) >= 11 is 0. The van der Waals surface area contributed by atoms with Crippen molar-refractivity contribution in [1.82, 2.24) is 5.32 Å². The molecule has 2 heteroatoms. The highest BCUT2D eigenvalue weighted by Crippen LogP contribution is 2.24. The minimum atomic E-state index is -0.0340. The minimum absolute atomic E-state index is 0.0340. The molecule has 1 atom stereocenters. The van der Waals surface area contributed by atoms with Gasteiger partial charge in [0.05, 0.1) is 5.60 Å². The molecule has 0 bridgehead atoms. The van der Waals surface area contributed by atoms with Gasteiger partial charge < -0.3 is 10.1 Å². The van der Waals surface area contributed by atoms with Crippen molar-refractivity contribution in [3.8, 4) is 0 Å². The number of nitrogens with one attached hydrogen (secondary N) is 1. The smallest absolute Gasteiger partial charge is 0.0640 e. The molecule has 0 aromatic rings.